The van der Waals surface area contributed by atoms with Crippen molar-refractivity contribution in [1.82, 2.24) is 19.4 Å². The zero-order chi connectivity index (χ0) is 22.3. The summed E-state index contributed by atoms with van der Waals surface area (Å²) < 4.78 is 1.48. The number of ketones is 1. The number of nitrogens with one attached hydrogen (secondary N) is 1. The molecule has 0 atom stereocenters. The van der Waals surface area contributed by atoms with Gasteiger partial charge in [-0.2, -0.15) is 0 Å². The minimum atomic E-state index is -0.365. The number of carbonyl (C=O) groups is 2. The van der Waals surface area contributed by atoms with Crippen LogP contribution < -0.4 is 10.9 Å². The van der Waals surface area contributed by atoms with Gasteiger partial charge in [0.1, 0.15) is 17.2 Å². The number of fused-ring (bicyclic) bond motifs is 3. The smallest absolute Gasteiger partial charge is 0.263 e. The van der Waals surface area contributed by atoms with Crippen LogP contribution in [0.5, 0.6) is 0 Å². The van der Waals surface area contributed by atoms with Gasteiger partial charge in [0, 0.05) is 11.8 Å². The Balaban J connectivity index is 1.70. The van der Waals surface area contributed by atoms with E-state index in [1.165, 1.54) is 16.4 Å². The highest BCUT2D eigenvalue weighted by atomic mass is 32.1. The van der Waals surface area contributed by atoms with Crippen molar-refractivity contribution in [2.24, 2.45) is 0 Å². The Morgan fingerprint density at radius 2 is 1.90 bits per heavy atom. The van der Waals surface area contributed by atoms with E-state index in [1.807, 2.05) is 19.0 Å². The molecule has 3 heterocycles. The quantitative estimate of drug-likeness (QED) is 0.569. The summed E-state index contributed by atoms with van der Waals surface area (Å²) in [4.78, 5) is 51.5. The normalized spacial score (nSPS) is 13.6. The van der Waals surface area contributed by atoms with E-state index in [1.54, 1.807) is 18.3 Å². The van der Waals surface area contributed by atoms with Gasteiger partial charge in [-0.05, 0) is 52.3 Å². The number of rotatable bonds is 6. The van der Waals surface area contributed by atoms with E-state index in [-0.39, 0.29) is 23.8 Å². The lowest BCUT2D eigenvalue weighted by atomic mass is 9.97. The molecule has 0 bridgehead atoms. The van der Waals surface area contributed by atoms with Crippen LogP contribution >= 0.6 is 22.7 Å². The molecule has 10 heteroatoms. The maximum absolute atomic E-state index is 13.5. The predicted molar refractivity (Wildman–Crippen MR) is 123 cm³/mol. The zero-order valence-corrected chi connectivity index (χ0v) is 19.7. The van der Waals surface area contributed by atoms with Crippen molar-refractivity contribution in [3.8, 4) is 0 Å². The van der Waals surface area contributed by atoms with Crippen molar-refractivity contribution < 1.29 is 9.59 Å². The average Bonchev–Trinajstić information content (AvgIpc) is 3.24. The first kappa shape index (κ1) is 21.8. The monoisotopic (exact) mass is 459 g/mol. The number of carbonyl (C=O) groups excluding carboxylic acids is 2. The first-order valence-corrected chi connectivity index (χ1v) is 11.8. The Hall–Kier alpha value is -2.43. The fraction of sp³-hybridized carbons (Fsp3) is 0.476. The van der Waals surface area contributed by atoms with Crippen molar-refractivity contribution in [3.05, 3.63) is 37.2 Å². The molecule has 0 spiro atoms. The molecule has 8 nitrogen and oxygen atoms in total. The highest BCUT2D eigenvalue weighted by Gasteiger charge is 2.23. The minimum absolute atomic E-state index is 0.0862. The molecule has 1 N–H and O–H groups in total. The van der Waals surface area contributed by atoms with Crippen LogP contribution in [0.3, 0.4) is 0 Å². The number of amides is 1. The van der Waals surface area contributed by atoms with Gasteiger partial charge in [0.2, 0.25) is 5.91 Å². The molecular weight excluding hydrogens is 434 g/mol. The molecule has 31 heavy (non-hydrogen) atoms. The van der Waals surface area contributed by atoms with Crippen LogP contribution in [0.4, 0.5) is 5.13 Å². The summed E-state index contributed by atoms with van der Waals surface area (Å²) in [7, 11) is 3.81. The van der Waals surface area contributed by atoms with E-state index in [2.05, 4.69) is 10.3 Å². The second-order valence-corrected chi connectivity index (χ2v) is 10.2. The summed E-state index contributed by atoms with van der Waals surface area (Å²) in [5.41, 5.74) is 1.54. The Bertz CT molecular complexity index is 1240. The summed E-state index contributed by atoms with van der Waals surface area (Å²) in [5.74, 6) is 0.115. The topological polar surface area (TPSA) is 97.2 Å². The molecule has 3 aromatic rings. The van der Waals surface area contributed by atoms with Gasteiger partial charge in [-0.1, -0.05) is 11.3 Å². The molecule has 1 aliphatic rings. The van der Waals surface area contributed by atoms with Gasteiger partial charge < -0.3 is 10.2 Å². The number of hydrogen-bond acceptors (Lipinski definition) is 8. The van der Waals surface area contributed by atoms with E-state index in [4.69, 9.17) is 4.98 Å². The predicted octanol–water partition coefficient (Wildman–Crippen LogP) is 3.00. The van der Waals surface area contributed by atoms with E-state index in [0.717, 1.165) is 47.4 Å². The van der Waals surface area contributed by atoms with E-state index in [9.17, 15) is 14.4 Å². The van der Waals surface area contributed by atoms with Crippen LogP contribution in [0.15, 0.2) is 4.79 Å². The van der Waals surface area contributed by atoms with Crippen molar-refractivity contribution >= 4 is 49.7 Å². The van der Waals surface area contributed by atoms with Crippen molar-refractivity contribution in [1.29, 1.82) is 0 Å². The van der Waals surface area contributed by atoms with Gasteiger partial charge in [0.05, 0.1) is 22.5 Å². The van der Waals surface area contributed by atoms with E-state index in [0.29, 0.717) is 33.5 Å². The second kappa shape index (κ2) is 8.60. The molecule has 0 aromatic carbocycles. The number of hydrogen-bond donors (Lipinski definition) is 1. The fourth-order valence-corrected chi connectivity index (χ4v) is 6.07. The van der Waals surface area contributed by atoms with Crippen LogP contribution in [-0.4, -0.2) is 45.2 Å². The Labute approximate surface area is 187 Å². The fourth-order valence-electron chi connectivity index (χ4n) is 3.93. The van der Waals surface area contributed by atoms with Crippen molar-refractivity contribution in [3.63, 3.8) is 0 Å². The summed E-state index contributed by atoms with van der Waals surface area (Å²) >= 11 is 2.75. The standard InChI is InChI=1S/C21H25N5O3S2/c1-11-18(12(2)27)31-21(22-11)24-16(28)10-26-15(9-25(3)4)23-19-17(20(26)29)13-7-5-6-8-14(13)30-19/h5-10H2,1-4H3,(H,22,24,28). The molecular formula is C21H25N5O3S2. The average molecular weight is 460 g/mol. The number of nitrogens with zero attached hydrogens (tertiary/aromatic N) is 4. The lowest BCUT2D eigenvalue weighted by molar-refractivity contribution is -0.116. The van der Waals surface area contributed by atoms with Crippen LogP contribution in [0, 0.1) is 6.92 Å². The van der Waals surface area contributed by atoms with Gasteiger partial charge in [0.25, 0.3) is 5.56 Å². The third kappa shape index (κ3) is 4.32. The molecule has 3 aromatic heterocycles. The van der Waals surface area contributed by atoms with Crippen LogP contribution in [0.25, 0.3) is 10.2 Å². The number of Topliss-reactive ketones (excluding diaryl/α,β-unsaturated/α-hetero) is 1. The van der Waals surface area contributed by atoms with Crippen molar-refractivity contribution in [2.75, 3.05) is 19.4 Å². The maximum atomic E-state index is 13.5. The number of thiophene rings is 1. The van der Waals surface area contributed by atoms with Gasteiger partial charge in [-0.15, -0.1) is 11.3 Å². The number of aromatic nitrogens is 3. The Kier molecular flexibility index (Phi) is 6.05. The lowest BCUT2D eigenvalue weighted by Gasteiger charge is -2.16. The largest absolute Gasteiger partial charge is 0.302 e. The van der Waals surface area contributed by atoms with Gasteiger partial charge in [-0.25, -0.2) is 9.97 Å². The molecule has 4 rings (SSSR count). The number of anilines is 1. The zero-order valence-electron chi connectivity index (χ0n) is 18.1. The SMILES string of the molecule is CC(=O)c1sc(NC(=O)Cn2c(CN(C)C)nc3sc4c(c3c2=O)CCCC4)nc1C. The van der Waals surface area contributed by atoms with Gasteiger partial charge in [0.15, 0.2) is 10.9 Å². The molecule has 0 unspecified atom stereocenters. The third-order valence-electron chi connectivity index (χ3n) is 5.28. The molecule has 0 aliphatic heterocycles. The van der Waals surface area contributed by atoms with Crippen LogP contribution in [0.2, 0.25) is 0 Å². The minimum Gasteiger partial charge on any atom is -0.302 e. The van der Waals surface area contributed by atoms with Crippen molar-refractivity contribution in [2.45, 2.75) is 52.6 Å². The maximum Gasteiger partial charge on any atom is 0.263 e. The Morgan fingerprint density at radius 1 is 1.16 bits per heavy atom. The number of aryl methyl sites for hydroxylation is 3. The van der Waals surface area contributed by atoms with Crippen LogP contribution in [0.1, 0.15) is 51.4 Å². The molecule has 0 saturated carbocycles. The van der Waals surface area contributed by atoms with E-state index < -0.39 is 0 Å². The summed E-state index contributed by atoms with van der Waals surface area (Å²) in [5, 5.41) is 3.76. The molecule has 1 amide bonds. The number of thiazole rings is 1. The van der Waals surface area contributed by atoms with Gasteiger partial charge >= 0.3 is 0 Å². The molecule has 0 saturated heterocycles. The highest BCUT2D eigenvalue weighted by Crippen LogP contribution is 2.34. The molecule has 164 valence electrons. The van der Waals surface area contributed by atoms with Crippen LogP contribution in [-0.2, 0) is 30.7 Å². The summed E-state index contributed by atoms with van der Waals surface area (Å²) in [6.45, 7) is 3.51. The summed E-state index contributed by atoms with van der Waals surface area (Å²) in [6, 6.07) is 0. The molecule has 0 radical (unpaired) electrons. The molecule has 0 fully saturated rings. The van der Waals surface area contributed by atoms with E-state index >= 15 is 0 Å². The first-order chi connectivity index (χ1) is 14.7. The summed E-state index contributed by atoms with van der Waals surface area (Å²) in [6.07, 6.45) is 4.08. The second-order valence-electron chi connectivity index (χ2n) is 8.09. The third-order valence-corrected chi connectivity index (χ3v) is 7.64. The van der Waals surface area contributed by atoms with Gasteiger partial charge in [-0.3, -0.25) is 19.0 Å². The first-order valence-electron chi connectivity index (χ1n) is 10.2. The Morgan fingerprint density at radius 3 is 2.58 bits per heavy atom. The highest BCUT2D eigenvalue weighted by molar-refractivity contribution is 7.19. The molecule has 1 aliphatic carbocycles. The lowest BCUT2D eigenvalue weighted by Crippen LogP contribution is -2.33.